The van der Waals surface area contributed by atoms with Crippen LogP contribution in [0.2, 0.25) is 0 Å². The summed E-state index contributed by atoms with van der Waals surface area (Å²) in [4.78, 5) is 0. The zero-order valence-corrected chi connectivity index (χ0v) is 10.0. The van der Waals surface area contributed by atoms with Crippen molar-refractivity contribution in [1.29, 1.82) is 5.26 Å². The average molecular weight is 191 g/mol. The van der Waals surface area contributed by atoms with Gasteiger partial charge in [-0.15, -0.1) is 0 Å². The molecule has 0 N–H and O–H groups in total. The summed E-state index contributed by atoms with van der Waals surface area (Å²) in [5.74, 6) is 0.251. The molecule has 1 nitrogen and oxygen atoms in total. The van der Waals surface area contributed by atoms with Crippen LogP contribution in [0.4, 0.5) is 0 Å². The fourth-order valence-corrected chi connectivity index (χ4v) is 2.50. The monoisotopic (exact) mass is 191 g/mol. The van der Waals surface area contributed by atoms with Gasteiger partial charge in [-0.05, 0) is 37.5 Å². The summed E-state index contributed by atoms with van der Waals surface area (Å²) in [5.41, 5.74) is 1.84. The molecule has 0 heterocycles. The maximum absolute atomic E-state index is 9.02. The Morgan fingerprint density at radius 2 is 1.93 bits per heavy atom. The first-order valence-electron chi connectivity index (χ1n) is 5.39. The molecule has 2 unspecified atom stereocenters. The lowest BCUT2D eigenvalue weighted by atomic mass is 9.92. The molecule has 0 spiro atoms. The van der Waals surface area contributed by atoms with Crippen LogP contribution in [0, 0.1) is 28.1 Å². The second-order valence-corrected chi connectivity index (χ2v) is 5.52. The van der Waals surface area contributed by atoms with Crippen LogP contribution in [0.1, 0.15) is 47.5 Å². The molecule has 0 aromatic rings. The second kappa shape index (κ2) is 3.42. The number of nitriles is 1. The summed E-state index contributed by atoms with van der Waals surface area (Å²) in [7, 11) is 0. The third kappa shape index (κ3) is 1.59. The van der Waals surface area contributed by atoms with Gasteiger partial charge in [0.2, 0.25) is 0 Å². The van der Waals surface area contributed by atoms with Crippen LogP contribution in [0.3, 0.4) is 0 Å². The van der Waals surface area contributed by atoms with Crippen molar-refractivity contribution in [3.63, 3.8) is 0 Å². The highest BCUT2D eigenvalue weighted by Crippen LogP contribution is 2.70. The van der Waals surface area contributed by atoms with Gasteiger partial charge in [-0.3, -0.25) is 0 Å². The number of allylic oxidation sites excluding steroid dienone is 2. The first-order chi connectivity index (χ1) is 6.36. The van der Waals surface area contributed by atoms with Crippen molar-refractivity contribution in [1.82, 2.24) is 0 Å². The van der Waals surface area contributed by atoms with E-state index in [9.17, 15) is 0 Å². The first-order valence-corrected chi connectivity index (χ1v) is 5.39. The Kier molecular flexibility index (Phi) is 2.76. The molecule has 1 fully saturated rings. The lowest BCUT2D eigenvalue weighted by Crippen LogP contribution is -2.03. The molecule has 78 valence electrons. The molecule has 14 heavy (non-hydrogen) atoms. The van der Waals surface area contributed by atoms with Crippen LogP contribution in [0.25, 0.3) is 0 Å². The van der Waals surface area contributed by atoms with Crippen molar-refractivity contribution in [3.8, 4) is 6.07 Å². The summed E-state index contributed by atoms with van der Waals surface area (Å²) in [6, 6.07) is 2.44. The van der Waals surface area contributed by atoms with Crippen LogP contribution in [0.15, 0.2) is 11.6 Å². The van der Waals surface area contributed by atoms with Crippen molar-refractivity contribution in [2.75, 3.05) is 0 Å². The Hall–Kier alpha value is -0.770. The van der Waals surface area contributed by atoms with E-state index >= 15 is 0 Å². The SMILES string of the molecule is CC(C)=CCCC1(C)C(C#N)C1(C)C. The van der Waals surface area contributed by atoms with Crippen molar-refractivity contribution < 1.29 is 0 Å². The Bertz CT molecular complexity index is 289. The van der Waals surface area contributed by atoms with Gasteiger partial charge in [0.15, 0.2) is 0 Å². The van der Waals surface area contributed by atoms with E-state index in [1.165, 1.54) is 5.57 Å². The molecule has 1 aliphatic rings. The van der Waals surface area contributed by atoms with Gasteiger partial charge >= 0.3 is 0 Å². The van der Waals surface area contributed by atoms with E-state index in [4.69, 9.17) is 5.26 Å². The van der Waals surface area contributed by atoms with Gasteiger partial charge in [0.1, 0.15) is 0 Å². The molecule has 0 bridgehead atoms. The summed E-state index contributed by atoms with van der Waals surface area (Å²) >= 11 is 0. The number of hydrogen-bond donors (Lipinski definition) is 0. The standard InChI is InChI=1S/C13H21N/c1-10(2)7-6-8-13(5)11(9-14)12(13,3)4/h7,11H,6,8H2,1-5H3. The van der Waals surface area contributed by atoms with E-state index in [1.807, 2.05) is 0 Å². The molecule has 0 amide bonds. The average Bonchev–Trinajstić information content (AvgIpc) is 2.44. The lowest BCUT2D eigenvalue weighted by Gasteiger charge is -2.12. The van der Waals surface area contributed by atoms with Crippen LogP contribution in [-0.4, -0.2) is 0 Å². The Morgan fingerprint density at radius 3 is 2.29 bits per heavy atom. The predicted octanol–water partition coefficient (Wildman–Crippen LogP) is 3.92. The Balaban J connectivity index is 2.55. The summed E-state index contributed by atoms with van der Waals surface area (Å²) in [6.45, 7) is 10.9. The summed E-state index contributed by atoms with van der Waals surface area (Å²) < 4.78 is 0. The fourth-order valence-electron chi connectivity index (χ4n) is 2.50. The zero-order valence-electron chi connectivity index (χ0n) is 10.0. The maximum atomic E-state index is 9.02. The van der Waals surface area contributed by atoms with Crippen molar-refractivity contribution in [2.45, 2.75) is 47.5 Å². The summed E-state index contributed by atoms with van der Waals surface area (Å²) in [5, 5.41) is 9.02. The van der Waals surface area contributed by atoms with Gasteiger partial charge in [-0.25, -0.2) is 0 Å². The molecule has 0 aromatic carbocycles. The smallest absolute Gasteiger partial charge is 0.0667 e. The highest BCUT2D eigenvalue weighted by Gasteiger charge is 2.67. The van der Waals surface area contributed by atoms with Gasteiger partial charge in [-0.1, -0.05) is 32.4 Å². The molecular weight excluding hydrogens is 170 g/mol. The third-order valence-electron chi connectivity index (χ3n) is 4.09. The van der Waals surface area contributed by atoms with Crippen LogP contribution in [-0.2, 0) is 0 Å². The van der Waals surface area contributed by atoms with Crippen LogP contribution >= 0.6 is 0 Å². The summed E-state index contributed by atoms with van der Waals surface area (Å²) in [6.07, 6.45) is 4.53. The van der Waals surface area contributed by atoms with Gasteiger partial charge < -0.3 is 0 Å². The highest BCUT2D eigenvalue weighted by atomic mass is 14.7. The van der Waals surface area contributed by atoms with Crippen molar-refractivity contribution in [3.05, 3.63) is 11.6 Å². The molecular formula is C13H21N. The molecule has 0 saturated heterocycles. The van der Waals surface area contributed by atoms with Gasteiger partial charge in [0, 0.05) is 0 Å². The van der Waals surface area contributed by atoms with E-state index in [-0.39, 0.29) is 16.7 Å². The lowest BCUT2D eigenvalue weighted by molar-refractivity contribution is 0.392. The molecule has 1 saturated carbocycles. The molecule has 0 aliphatic heterocycles. The maximum Gasteiger partial charge on any atom is 0.0667 e. The van der Waals surface area contributed by atoms with Crippen molar-refractivity contribution in [2.24, 2.45) is 16.7 Å². The normalized spacial score (nSPS) is 33.3. The Labute approximate surface area is 87.8 Å². The minimum atomic E-state index is 0.219. The minimum Gasteiger partial charge on any atom is -0.198 e. The van der Waals surface area contributed by atoms with E-state index in [0.29, 0.717) is 0 Å². The number of rotatable bonds is 3. The molecule has 0 radical (unpaired) electrons. The highest BCUT2D eigenvalue weighted by molar-refractivity contribution is 5.23. The molecule has 0 aromatic heterocycles. The quantitative estimate of drug-likeness (QED) is 0.620. The predicted molar refractivity (Wildman–Crippen MR) is 59.7 cm³/mol. The largest absolute Gasteiger partial charge is 0.198 e. The van der Waals surface area contributed by atoms with E-state index < -0.39 is 0 Å². The molecule has 1 heteroatoms. The molecule has 2 atom stereocenters. The van der Waals surface area contributed by atoms with E-state index in [0.717, 1.165) is 12.8 Å². The van der Waals surface area contributed by atoms with Crippen molar-refractivity contribution >= 4 is 0 Å². The van der Waals surface area contributed by atoms with Crippen LogP contribution in [0.5, 0.6) is 0 Å². The van der Waals surface area contributed by atoms with E-state index in [1.54, 1.807) is 0 Å². The van der Waals surface area contributed by atoms with Gasteiger partial charge in [-0.2, -0.15) is 5.26 Å². The Morgan fingerprint density at radius 1 is 1.36 bits per heavy atom. The molecule has 1 rings (SSSR count). The molecule has 1 aliphatic carbocycles. The van der Waals surface area contributed by atoms with Crippen LogP contribution < -0.4 is 0 Å². The first kappa shape index (κ1) is 11.3. The fraction of sp³-hybridized carbons (Fsp3) is 0.769. The zero-order chi connectivity index (χ0) is 11.0. The number of nitrogens with zero attached hydrogens (tertiary/aromatic N) is 1. The minimum absolute atomic E-state index is 0.219. The van der Waals surface area contributed by atoms with Gasteiger partial charge in [0.05, 0.1) is 12.0 Å². The van der Waals surface area contributed by atoms with Gasteiger partial charge in [0.25, 0.3) is 0 Å². The third-order valence-corrected chi connectivity index (χ3v) is 4.09. The topological polar surface area (TPSA) is 23.8 Å². The second-order valence-electron chi connectivity index (χ2n) is 5.52. The van der Waals surface area contributed by atoms with E-state index in [2.05, 4.69) is 46.8 Å². The number of hydrogen-bond acceptors (Lipinski definition) is 1.